The van der Waals surface area contributed by atoms with Crippen molar-refractivity contribution in [3.8, 4) is 5.75 Å². The minimum atomic E-state index is -0.371. The Morgan fingerprint density at radius 1 is 1.45 bits per heavy atom. The zero-order chi connectivity index (χ0) is 14.5. The van der Waals surface area contributed by atoms with Crippen LogP contribution in [0.2, 0.25) is 0 Å². The largest absolute Gasteiger partial charge is 0.480 e. The van der Waals surface area contributed by atoms with E-state index in [-0.39, 0.29) is 12.0 Å². The summed E-state index contributed by atoms with van der Waals surface area (Å²) in [5, 5.41) is 0. The molecule has 0 radical (unpaired) electrons. The molecule has 0 saturated carbocycles. The lowest BCUT2D eigenvalue weighted by molar-refractivity contribution is -0.138. The third-order valence-electron chi connectivity index (χ3n) is 3.45. The van der Waals surface area contributed by atoms with Crippen molar-refractivity contribution in [3.05, 3.63) is 29.8 Å². The molecule has 0 spiro atoms. The number of nitrogens with two attached hydrogens (primary N) is 1. The second-order valence-electron chi connectivity index (χ2n) is 5.74. The van der Waals surface area contributed by atoms with Crippen LogP contribution in [0.15, 0.2) is 24.3 Å². The van der Waals surface area contributed by atoms with Crippen molar-refractivity contribution in [2.75, 3.05) is 19.6 Å². The van der Waals surface area contributed by atoms with E-state index < -0.39 is 0 Å². The summed E-state index contributed by atoms with van der Waals surface area (Å²) in [6, 6.07) is 7.87. The van der Waals surface area contributed by atoms with Crippen LogP contribution in [-0.2, 0) is 11.2 Å². The monoisotopic (exact) mass is 276 g/mol. The number of rotatable bonds is 6. The van der Waals surface area contributed by atoms with E-state index >= 15 is 0 Å². The Bertz CT molecular complexity index is 435. The number of nitrogens with zero attached hydrogens (tertiary/aromatic N) is 1. The third kappa shape index (κ3) is 3.51. The first kappa shape index (κ1) is 14.9. The lowest BCUT2D eigenvalue weighted by atomic mass is 10.1. The lowest BCUT2D eigenvalue weighted by Crippen LogP contribution is -2.44. The van der Waals surface area contributed by atoms with Gasteiger partial charge in [0.1, 0.15) is 5.75 Å². The molecule has 2 rings (SSSR count). The number of benzene rings is 1. The van der Waals surface area contributed by atoms with Crippen LogP contribution in [-0.4, -0.2) is 36.5 Å². The fourth-order valence-corrected chi connectivity index (χ4v) is 2.54. The van der Waals surface area contributed by atoms with Crippen LogP contribution >= 0.6 is 0 Å². The fourth-order valence-electron chi connectivity index (χ4n) is 2.54. The highest BCUT2D eigenvalue weighted by molar-refractivity contribution is 5.82. The maximum atomic E-state index is 12.6. The highest BCUT2D eigenvalue weighted by Gasteiger charge is 2.32. The summed E-state index contributed by atoms with van der Waals surface area (Å²) in [5.41, 5.74) is 6.68. The normalized spacial score (nSPS) is 16.9. The molecule has 1 aromatic carbocycles. The molecule has 0 saturated heterocycles. The van der Waals surface area contributed by atoms with Gasteiger partial charge in [0.25, 0.3) is 5.91 Å². The van der Waals surface area contributed by atoms with Gasteiger partial charge in [-0.05, 0) is 30.5 Å². The molecular weight excluding hydrogens is 252 g/mol. The van der Waals surface area contributed by atoms with Gasteiger partial charge in [0.05, 0.1) is 0 Å². The summed E-state index contributed by atoms with van der Waals surface area (Å²) in [4.78, 5) is 14.5. The SMILES string of the molecule is CC(C)CN(CCCN)C(=O)C1Cc2ccccc2O1. The molecule has 1 unspecified atom stereocenters. The van der Waals surface area contributed by atoms with Gasteiger partial charge in [-0.15, -0.1) is 0 Å². The summed E-state index contributed by atoms with van der Waals surface area (Å²) in [7, 11) is 0. The van der Waals surface area contributed by atoms with Crippen molar-refractivity contribution in [1.82, 2.24) is 4.90 Å². The van der Waals surface area contributed by atoms with E-state index in [0.29, 0.717) is 25.4 Å². The first-order valence-electron chi connectivity index (χ1n) is 7.35. The van der Waals surface area contributed by atoms with Crippen molar-refractivity contribution < 1.29 is 9.53 Å². The number of carbonyl (C=O) groups excluding carboxylic acids is 1. The van der Waals surface area contributed by atoms with Gasteiger partial charge >= 0.3 is 0 Å². The molecule has 2 N–H and O–H groups in total. The Labute approximate surface area is 120 Å². The van der Waals surface area contributed by atoms with Gasteiger partial charge in [-0.2, -0.15) is 0 Å². The summed E-state index contributed by atoms with van der Waals surface area (Å²) in [6.45, 7) is 6.31. The summed E-state index contributed by atoms with van der Waals surface area (Å²) < 4.78 is 5.79. The number of hydrogen-bond donors (Lipinski definition) is 1. The molecule has 0 aromatic heterocycles. The maximum Gasteiger partial charge on any atom is 0.264 e. The van der Waals surface area contributed by atoms with E-state index in [1.165, 1.54) is 0 Å². The average molecular weight is 276 g/mol. The van der Waals surface area contributed by atoms with Crippen LogP contribution in [0.3, 0.4) is 0 Å². The van der Waals surface area contributed by atoms with Crippen LogP contribution in [0.5, 0.6) is 5.75 Å². The highest BCUT2D eigenvalue weighted by atomic mass is 16.5. The van der Waals surface area contributed by atoms with Gasteiger partial charge in [-0.1, -0.05) is 32.0 Å². The molecule has 0 bridgehead atoms. The Hall–Kier alpha value is -1.55. The average Bonchev–Trinajstić information content (AvgIpc) is 2.86. The van der Waals surface area contributed by atoms with Crippen LogP contribution in [0.1, 0.15) is 25.8 Å². The second-order valence-corrected chi connectivity index (χ2v) is 5.74. The van der Waals surface area contributed by atoms with Gasteiger partial charge < -0.3 is 15.4 Å². The molecule has 1 aliphatic heterocycles. The maximum absolute atomic E-state index is 12.6. The quantitative estimate of drug-likeness (QED) is 0.862. The summed E-state index contributed by atoms with van der Waals surface area (Å²) in [5.74, 6) is 1.37. The van der Waals surface area contributed by atoms with Crippen molar-refractivity contribution in [1.29, 1.82) is 0 Å². The van der Waals surface area contributed by atoms with E-state index in [0.717, 1.165) is 24.3 Å². The molecule has 1 heterocycles. The molecule has 4 nitrogen and oxygen atoms in total. The third-order valence-corrected chi connectivity index (χ3v) is 3.45. The van der Waals surface area contributed by atoms with Gasteiger partial charge in [-0.25, -0.2) is 0 Å². The minimum absolute atomic E-state index is 0.0864. The van der Waals surface area contributed by atoms with Crippen molar-refractivity contribution in [2.45, 2.75) is 32.8 Å². The van der Waals surface area contributed by atoms with E-state index in [1.807, 2.05) is 29.2 Å². The van der Waals surface area contributed by atoms with Crippen molar-refractivity contribution in [2.24, 2.45) is 11.7 Å². The van der Waals surface area contributed by atoms with E-state index in [2.05, 4.69) is 13.8 Å². The second kappa shape index (κ2) is 6.75. The van der Waals surface area contributed by atoms with Crippen molar-refractivity contribution in [3.63, 3.8) is 0 Å². The van der Waals surface area contributed by atoms with E-state index in [1.54, 1.807) is 0 Å². The number of para-hydroxylation sites is 1. The zero-order valence-corrected chi connectivity index (χ0v) is 12.3. The Balaban J connectivity index is 2.01. The zero-order valence-electron chi connectivity index (χ0n) is 12.3. The minimum Gasteiger partial charge on any atom is -0.480 e. The van der Waals surface area contributed by atoms with Gasteiger partial charge in [0.15, 0.2) is 6.10 Å². The molecule has 0 aliphatic carbocycles. The first-order chi connectivity index (χ1) is 9.61. The molecular formula is C16H24N2O2. The highest BCUT2D eigenvalue weighted by Crippen LogP contribution is 2.29. The molecule has 0 fully saturated rings. The first-order valence-corrected chi connectivity index (χ1v) is 7.35. The number of amides is 1. The molecule has 1 atom stereocenters. The van der Waals surface area contributed by atoms with Crippen LogP contribution in [0, 0.1) is 5.92 Å². The summed E-state index contributed by atoms with van der Waals surface area (Å²) in [6.07, 6.45) is 1.13. The lowest BCUT2D eigenvalue weighted by Gasteiger charge is -2.26. The topological polar surface area (TPSA) is 55.6 Å². The Kier molecular flexibility index (Phi) is 5.01. The predicted molar refractivity (Wildman–Crippen MR) is 79.7 cm³/mol. The van der Waals surface area contributed by atoms with Crippen LogP contribution in [0.4, 0.5) is 0 Å². The smallest absolute Gasteiger partial charge is 0.264 e. The van der Waals surface area contributed by atoms with Gasteiger partial charge in [0.2, 0.25) is 0 Å². The standard InChI is InChI=1S/C16H24N2O2/c1-12(2)11-18(9-5-8-17)16(19)15-10-13-6-3-4-7-14(13)20-15/h3-4,6-7,12,15H,5,8-11,17H2,1-2H3. The van der Waals surface area contributed by atoms with Crippen LogP contribution < -0.4 is 10.5 Å². The predicted octanol–water partition coefficient (Wildman–Crippen LogP) is 1.82. The molecule has 1 amide bonds. The Morgan fingerprint density at radius 3 is 2.85 bits per heavy atom. The van der Waals surface area contributed by atoms with Gasteiger partial charge in [-0.3, -0.25) is 4.79 Å². The Morgan fingerprint density at radius 2 is 2.20 bits per heavy atom. The molecule has 1 aromatic rings. The number of ether oxygens (including phenoxy) is 1. The number of fused-ring (bicyclic) bond motifs is 1. The van der Waals surface area contributed by atoms with E-state index in [4.69, 9.17) is 10.5 Å². The van der Waals surface area contributed by atoms with Gasteiger partial charge in [0, 0.05) is 19.5 Å². The molecule has 20 heavy (non-hydrogen) atoms. The van der Waals surface area contributed by atoms with Crippen molar-refractivity contribution >= 4 is 5.91 Å². The van der Waals surface area contributed by atoms with Crippen LogP contribution in [0.25, 0.3) is 0 Å². The number of hydrogen-bond acceptors (Lipinski definition) is 3. The summed E-state index contributed by atoms with van der Waals surface area (Å²) >= 11 is 0. The number of carbonyl (C=O) groups is 1. The molecule has 1 aliphatic rings. The molecule has 110 valence electrons. The fraction of sp³-hybridized carbons (Fsp3) is 0.562. The van der Waals surface area contributed by atoms with E-state index in [9.17, 15) is 4.79 Å². The molecule has 4 heteroatoms.